The van der Waals surface area contributed by atoms with E-state index in [0.717, 1.165) is 0 Å². The molecule has 0 radical (unpaired) electrons. The van der Waals surface area contributed by atoms with Gasteiger partial charge in [-0.3, -0.25) is 9.59 Å². The minimum atomic E-state index is -3.05. The largest absolute Gasteiger partial charge is 0.348 e. The van der Waals surface area contributed by atoms with Crippen LogP contribution in [0.5, 0.6) is 0 Å². The number of amides is 1. The molecule has 2 heterocycles. The molecule has 0 aliphatic carbocycles. The van der Waals surface area contributed by atoms with Gasteiger partial charge in [-0.05, 0) is 37.6 Å². The summed E-state index contributed by atoms with van der Waals surface area (Å²) in [5, 5.41) is 5.66. The molecule has 1 aromatic carbocycles. The minimum Gasteiger partial charge on any atom is -0.348 e. The van der Waals surface area contributed by atoms with Crippen molar-refractivity contribution in [2.24, 2.45) is 0 Å². The lowest BCUT2D eigenvalue weighted by Gasteiger charge is -2.10. The number of carbonyl (C=O) groups excluding carboxylic acids is 2. The Morgan fingerprint density at radius 2 is 1.73 bits per heavy atom. The normalized spacial score (nSPS) is 18.3. The molecule has 0 spiro atoms. The van der Waals surface area contributed by atoms with Gasteiger partial charge in [0.2, 0.25) is 5.95 Å². The van der Waals surface area contributed by atoms with Crippen molar-refractivity contribution >= 4 is 33.2 Å². The van der Waals surface area contributed by atoms with Crippen LogP contribution in [0.1, 0.15) is 34.1 Å². The lowest BCUT2D eigenvalue weighted by molar-refractivity contribution is 0.0939. The Labute approximate surface area is 151 Å². The highest BCUT2D eigenvalue weighted by atomic mass is 32.2. The van der Waals surface area contributed by atoms with Crippen LogP contribution in [0.4, 0.5) is 11.6 Å². The van der Waals surface area contributed by atoms with Crippen LogP contribution >= 0.6 is 0 Å². The van der Waals surface area contributed by atoms with E-state index >= 15 is 0 Å². The molecule has 1 unspecified atom stereocenters. The first kappa shape index (κ1) is 18.0. The van der Waals surface area contributed by atoms with Crippen LogP contribution in [-0.4, -0.2) is 47.6 Å². The van der Waals surface area contributed by atoms with Gasteiger partial charge >= 0.3 is 0 Å². The molecule has 2 aromatic rings. The summed E-state index contributed by atoms with van der Waals surface area (Å²) in [5.74, 6) is -0.0434. The first-order valence-electron chi connectivity index (χ1n) is 8.04. The minimum absolute atomic E-state index is 0.0155. The number of hydrogen-bond acceptors (Lipinski definition) is 7. The zero-order valence-electron chi connectivity index (χ0n) is 14.1. The standard InChI is InChI=1S/C17H18N4O4S/c1-11(22)12-2-4-14(5-3-12)21-17-18-8-13(9-19-17)16(23)20-15-6-7-26(24,25)10-15/h2-5,8-9,15H,6-7,10H2,1H3,(H,20,23)(H,18,19,21). The average molecular weight is 374 g/mol. The molecule has 1 fully saturated rings. The van der Waals surface area contributed by atoms with Crippen molar-refractivity contribution < 1.29 is 18.0 Å². The van der Waals surface area contributed by atoms with E-state index in [2.05, 4.69) is 20.6 Å². The maximum atomic E-state index is 12.1. The fourth-order valence-electron chi connectivity index (χ4n) is 2.60. The zero-order chi connectivity index (χ0) is 18.7. The summed E-state index contributed by atoms with van der Waals surface area (Å²) in [7, 11) is -3.05. The van der Waals surface area contributed by atoms with Crippen molar-refractivity contribution in [1.82, 2.24) is 15.3 Å². The number of nitrogens with one attached hydrogen (secondary N) is 2. The van der Waals surface area contributed by atoms with Crippen molar-refractivity contribution in [3.63, 3.8) is 0 Å². The molecular formula is C17H18N4O4S. The maximum absolute atomic E-state index is 12.1. The van der Waals surface area contributed by atoms with Crippen molar-refractivity contribution in [2.75, 3.05) is 16.8 Å². The van der Waals surface area contributed by atoms with Gasteiger partial charge < -0.3 is 10.6 Å². The number of anilines is 2. The Morgan fingerprint density at radius 3 is 2.27 bits per heavy atom. The first-order chi connectivity index (χ1) is 12.3. The third-order valence-corrected chi connectivity index (χ3v) is 5.80. The lowest BCUT2D eigenvalue weighted by Crippen LogP contribution is -2.35. The molecule has 3 rings (SSSR count). The van der Waals surface area contributed by atoms with E-state index < -0.39 is 15.7 Å². The van der Waals surface area contributed by atoms with Gasteiger partial charge in [0.05, 0.1) is 17.1 Å². The molecule has 9 heteroatoms. The fraction of sp³-hybridized carbons (Fsp3) is 0.294. The molecular weight excluding hydrogens is 356 g/mol. The Kier molecular flexibility index (Phi) is 4.99. The molecule has 136 valence electrons. The smallest absolute Gasteiger partial charge is 0.254 e. The molecule has 2 N–H and O–H groups in total. The molecule has 1 aromatic heterocycles. The van der Waals surface area contributed by atoms with E-state index in [1.165, 1.54) is 19.3 Å². The number of nitrogens with zero attached hydrogens (tertiary/aromatic N) is 2. The molecule has 26 heavy (non-hydrogen) atoms. The van der Waals surface area contributed by atoms with E-state index in [-0.39, 0.29) is 28.9 Å². The van der Waals surface area contributed by atoms with Gasteiger partial charge in [-0.2, -0.15) is 0 Å². The highest BCUT2D eigenvalue weighted by Crippen LogP contribution is 2.15. The van der Waals surface area contributed by atoms with Gasteiger partial charge in [0.1, 0.15) is 0 Å². The van der Waals surface area contributed by atoms with Crippen molar-refractivity contribution in [3.8, 4) is 0 Å². The molecule has 1 atom stereocenters. The zero-order valence-corrected chi connectivity index (χ0v) is 14.9. The summed E-state index contributed by atoms with van der Waals surface area (Å²) in [5.41, 5.74) is 1.58. The lowest BCUT2D eigenvalue weighted by atomic mass is 10.1. The Morgan fingerprint density at radius 1 is 1.08 bits per heavy atom. The molecule has 0 bridgehead atoms. The van der Waals surface area contributed by atoms with Gasteiger partial charge in [0, 0.05) is 29.7 Å². The number of hydrogen-bond donors (Lipinski definition) is 2. The Bertz CT molecular complexity index is 924. The highest BCUT2D eigenvalue weighted by molar-refractivity contribution is 7.91. The number of Topliss-reactive ketones (excluding diaryl/α,β-unsaturated/α-hetero) is 1. The van der Waals surface area contributed by atoms with Crippen LogP contribution < -0.4 is 10.6 Å². The van der Waals surface area contributed by atoms with E-state index in [1.807, 2.05) is 0 Å². The Hall–Kier alpha value is -2.81. The number of ketones is 1. The highest BCUT2D eigenvalue weighted by Gasteiger charge is 2.29. The second-order valence-corrected chi connectivity index (χ2v) is 8.36. The summed E-state index contributed by atoms with van der Waals surface area (Å²) < 4.78 is 22.9. The molecule has 1 aliphatic rings. The summed E-state index contributed by atoms with van der Waals surface area (Å²) >= 11 is 0. The topological polar surface area (TPSA) is 118 Å². The third-order valence-electron chi connectivity index (χ3n) is 4.03. The molecule has 1 aliphatic heterocycles. The third kappa shape index (κ3) is 4.42. The predicted molar refractivity (Wildman–Crippen MR) is 96.3 cm³/mol. The maximum Gasteiger partial charge on any atom is 0.254 e. The van der Waals surface area contributed by atoms with Crippen molar-refractivity contribution in [3.05, 3.63) is 47.8 Å². The first-order valence-corrected chi connectivity index (χ1v) is 9.86. The molecule has 1 saturated heterocycles. The Balaban J connectivity index is 1.61. The van der Waals surface area contributed by atoms with Crippen LogP contribution in [0, 0.1) is 0 Å². The second-order valence-electron chi connectivity index (χ2n) is 6.13. The van der Waals surface area contributed by atoms with Crippen LogP contribution in [-0.2, 0) is 9.84 Å². The van der Waals surface area contributed by atoms with Crippen LogP contribution in [0.3, 0.4) is 0 Å². The molecule has 8 nitrogen and oxygen atoms in total. The summed E-state index contributed by atoms with van der Waals surface area (Å²) in [6, 6.07) is 6.50. The number of carbonyl (C=O) groups is 2. The van der Waals surface area contributed by atoms with Crippen LogP contribution in [0.25, 0.3) is 0 Å². The van der Waals surface area contributed by atoms with Gasteiger partial charge in [-0.1, -0.05) is 0 Å². The van der Waals surface area contributed by atoms with Gasteiger partial charge in [-0.25, -0.2) is 18.4 Å². The van der Waals surface area contributed by atoms with E-state index in [4.69, 9.17) is 0 Å². The van der Waals surface area contributed by atoms with Gasteiger partial charge in [0.25, 0.3) is 5.91 Å². The van der Waals surface area contributed by atoms with Crippen molar-refractivity contribution in [1.29, 1.82) is 0 Å². The van der Waals surface area contributed by atoms with Gasteiger partial charge in [-0.15, -0.1) is 0 Å². The van der Waals surface area contributed by atoms with Crippen LogP contribution in [0.15, 0.2) is 36.7 Å². The molecule has 0 saturated carbocycles. The number of rotatable bonds is 5. The van der Waals surface area contributed by atoms with E-state index in [0.29, 0.717) is 23.6 Å². The second kappa shape index (κ2) is 7.20. The molecule has 1 amide bonds. The number of aromatic nitrogens is 2. The quantitative estimate of drug-likeness (QED) is 0.758. The summed E-state index contributed by atoms with van der Waals surface area (Å²) in [6.45, 7) is 1.50. The van der Waals surface area contributed by atoms with Gasteiger partial charge in [0.15, 0.2) is 15.6 Å². The van der Waals surface area contributed by atoms with Crippen LogP contribution in [0.2, 0.25) is 0 Å². The SMILES string of the molecule is CC(=O)c1ccc(Nc2ncc(C(=O)NC3CCS(=O)(=O)C3)cn2)cc1. The van der Waals surface area contributed by atoms with E-state index in [1.54, 1.807) is 24.3 Å². The summed E-state index contributed by atoms with van der Waals surface area (Å²) in [6.07, 6.45) is 3.17. The van der Waals surface area contributed by atoms with Crippen molar-refractivity contribution in [2.45, 2.75) is 19.4 Å². The summed E-state index contributed by atoms with van der Waals surface area (Å²) in [4.78, 5) is 31.6. The number of sulfone groups is 1. The average Bonchev–Trinajstić information content (AvgIpc) is 2.94. The fourth-order valence-corrected chi connectivity index (χ4v) is 4.28. The number of benzene rings is 1. The monoisotopic (exact) mass is 374 g/mol. The predicted octanol–water partition coefficient (Wildman–Crippen LogP) is 1.34. The van der Waals surface area contributed by atoms with E-state index in [9.17, 15) is 18.0 Å².